The summed E-state index contributed by atoms with van der Waals surface area (Å²) >= 11 is 0. The van der Waals surface area contributed by atoms with Crippen molar-refractivity contribution in [2.75, 3.05) is 13.2 Å². The molecule has 5 nitrogen and oxygen atoms in total. The fraction of sp³-hybridized carbons (Fsp3) is 0.909. The second-order valence-corrected chi connectivity index (χ2v) is 4.59. The van der Waals surface area contributed by atoms with E-state index in [1.54, 1.807) is 0 Å². The molecule has 0 radical (unpaired) electrons. The molecule has 0 spiro atoms. The highest BCUT2D eigenvalue weighted by atomic mass is 16.5. The second-order valence-electron chi connectivity index (χ2n) is 4.59. The highest BCUT2D eigenvalue weighted by Gasteiger charge is 2.39. The van der Waals surface area contributed by atoms with Gasteiger partial charge in [-0.05, 0) is 25.7 Å². The molecular formula is C11H21N3O2. The van der Waals surface area contributed by atoms with Crippen molar-refractivity contribution in [3.63, 3.8) is 0 Å². The van der Waals surface area contributed by atoms with Gasteiger partial charge in [0.25, 0.3) is 0 Å². The van der Waals surface area contributed by atoms with E-state index in [0.29, 0.717) is 18.0 Å². The maximum atomic E-state index is 8.81. The number of hydrogen-bond donors (Lipinski definition) is 2. The van der Waals surface area contributed by atoms with Gasteiger partial charge in [-0.3, -0.25) is 4.90 Å². The van der Waals surface area contributed by atoms with Crippen molar-refractivity contribution in [3.8, 4) is 0 Å². The number of nitrogens with zero attached hydrogens (tertiary/aromatic N) is 2. The lowest BCUT2D eigenvalue weighted by molar-refractivity contribution is -0.0633. The quantitative estimate of drug-likeness (QED) is 0.323. The summed E-state index contributed by atoms with van der Waals surface area (Å²) in [7, 11) is 0. The second kappa shape index (κ2) is 5.01. The minimum absolute atomic E-state index is 0.0551. The Labute approximate surface area is 96.2 Å². The smallest absolute Gasteiger partial charge is 0.156 e. The molecule has 1 heterocycles. The fourth-order valence-corrected chi connectivity index (χ4v) is 3.02. The van der Waals surface area contributed by atoms with Gasteiger partial charge in [0.05, 0.1) is 18.8 Å². The molecule has 1 saturated carbocycles. The normalized spacial score (nSPS) is 33.7. The third kappa shape index (κ3) is 2.01. The number of fused-ring (bicyclic) bond motifs is 1. The Morgan fingerprint density at radius 3 is 3.12 bits per heavy atom. The van der Waals surface area contributed by atoms with Crippen LogP contribution in [0.5, 0.6) is 0 Å². The molecule has 1 aliphatic heterocycles. The van der Waals surface area contributed by atoms with E-state index in [4.69, 9.17) is 15.7 Å². The van der Waals surface area contributed by atoms with Crippen LogP contribution in [0.1, 0.15) is 32.6 Å². The van der Waals surface area contributed by atoms with Gasteiger partial charge >= 0.3 is 0 Å². The number of hydrogen-bond acceptors (Lipinski definition) is 4. The van der Waals surface area contributed by atoms with Crippen LogP contribution in [0.4, 0.5) is 0 Å². The van der Waals surface area contributed by atoms with Crippen LogP contribution in [0, 0.1) is 0 Å². The summed E-state index contributed by atoms with van der Waals surface area (Å²) in [4.78, 5) is 2.36. The Balaban J connectivity index is 2.11. The average molecular weight is 227 g/mol. The first-order valence-corrected chi connectivity index (χ1v) is 6.12. The van der Waals surface area contributed by atoms with E-state index in [-0.39, 0.29) is 6.04 Å². The first-order valence-electron chi connectivity index (χ1n) is 6.12. The number of amidine groups is 1. The topological polar surface area (TPSA) is 71.1 Å². The highest BCUT2D eigenvalue weighted by Crippen LogP contribution is 2.31. The minimum Gasteiger partial charge on any atom is -0.409 e. The van der Waals surface area contributed by atoms with Crippen LogP contribution in [-0.2, 0) is 4.74 Å². The average Bonchev–Trinajstić information content (AvgIpc) is 2.78. The monoisotopic (exact) mass is 227 g/mol. The summed E-state index contributed by atoms with van der Waals surface area (Å²) < 4.78 is 5.76. The van der Waals surface area contributed by atoms with Crippen molar-refractivity contribution < 1.29 is 9.94 Å². The SMILES string of the molecule is CCC(C(N)=NO)N1CCOC2CCCC21. The molecule has 2 rings (SSSR count). The minimum atomic E-state index is 0.0551. The van der Waals surface area contributed by atoms with E-state index in [9.17, 15) is 0 Å². The molecular weight excluding hydrogens is 206 g/mol. The predicted molar refractivity (Wildman–Crippen MR) is 61.6 cm³/mol. The van der Waals surface area contributed by atoms with Crippen LogP contribution < -0.4 is 5.73 Å². The number of ether oxygens (including phenoxy) is 1. The largest absolute Gasteiger partial charge is 0.409 e. The van der Waals surface area contributed by atoms with Crippen LogP contribution in [0.3, 0.4) is 0 Å². The molecule has 3 atom stereocenters. The van der Waals surface area contributed by atoms with Gasteiger partial charge < -0.3 is 15.7 Å². The summed E-state index contributed by atoms with van der Waals surface area (Å²) in [5.74, 6) is 0.329. The fourth-order valence-electron chi connectivity index (χ4n) is 3.02. The van der Waals surface area contributed by atoms with Crippen LogP contribution in [0.2, 0.25) is 0 Å². The van der Waals surface area contributed by atoms with Crippen molar-refractivity contribution in [1.82, 2.24) is 4.90 Å². The van der Waals surface area contributed by atoms with Crippen molar-refractivity contribution in [3.05, 3.63) is 0 Å². The Morgan fingerprint density at radius 2 is 2.44 bits per heavy atom. The lowest BCUT2D eigenvalue weighted by Gasteiger charge is -2.41. The van der Waals surface area contributed by atoms with Crippen LogP contribution in [0.15, 0.2) is 5.16 Å². The predicted octanol–water partition coefficient (Wildman–Crippen LogP) is 0.765. The van der Waals surface area contributed by atoms with E-state index >= 15 is 0 Å². The van der Waals surface area contributed by atoms with E-state index in [2.05, 4.69) is 17.0 Å². The summed E-state index contributed by atoms with van der Waals surface area (Å²) in [6.07, 6.45) is 4.76. The van der Waals surface area contributed by atoms with Gasteiger partial charge in [0, 0.05) is 12.6 Å². The standard InChI is InChI=1S/C11H21N3O2/c1-2-8(11(12)13-15)14-6-7-16-10-5-3-4-9(10)14/h8-10,15H,2-7H2,1H3,(H2,12,13). The molecule has 0 aromatic heterocycles. The van der Waals surface area contributed by atoms with E-state index in [0.717, 1.165) is 26.0 Å². The molecule has 1 saturated heterocycles. The molecule has 92 valence electrons. The van der Waals surface area contributed by atoms with Gasteiger partial charge in [-0.15, -0.1) is 0 Å². The lowest BCUT2D eigenvalue weighted by atomic mass is 10.0. The van der Waals surface area contributed by atoms with E-state index in [1.165, 1.54) is 12.8 Å². The lowest BCUT2D eigenvalue weighted by Crippen LogP contribution is -2.56. The van der Waals surface area contributed by atoms with E-state index < -0.39 is 0 Å². The first kappa shape index (κ1) is 11.7. The Hall–Kier alpha value is -0.810. The van der Waals surface area contributed by atoms with Gasteiger partial charge in [-0.1, -0.05) is 12.1 Å². The number of oxime groups is 1. The maximum Gasteiger partial charge on any atom is 0.156 e. The molecule has 0 amide bonds. The van der Waals surface area contributed by atoms with Crippen LogP contribution in [0.25, 0.3) is 0 Å². The summed E-state index contributed by atoms with van der Waals surface area (Å²) in [5, 5.41) is 12.0. The van der Waals surface area contributed by atoms with Crippen molar-refractivity contribution in [2.24, 2.45) is 10.9 Å². The molecule has 16 heavy (non-hydrogen) atoms. The van der Waals surface area contributed by atoms with Gasteiger partial charge in [0.1, 0.15) is 0 Å². The highest BCUT2D eigenvalue weighted by molar-refractivity contribution is 5.85. The third-order valence-corrected chi connectivity index (χ3v) is 3.77. The third-order valence-electron chi connectivity index (χ3n) is 3.77. The molecule has 0 aromatic rings. The summed E-state index contributed by atoms with van der Waals surface area (Å²) in [6, 6.07) is 0.512. The van der Waals surface area contributed by atoms with Gasteiger partial charge in [-0.2, -0.15) is 0 Å². The zero-order chi connectivity index (χ0) is 11.5. The number of rotatable bonds is 3. The van der Waals surface area contributed by atoms with Crippen molar-refractivity contribution >= 4 is 5.84 Å². The maximum absolute atomic E-state index is 8.81. The summed E-state index contributed by atoms with van der Waals surface area (Å²) in [5.41, 5.74) is 5.76. The molecule has 5 heteroatoms. The number of morpholine rings is 1. The first-order chi connectivity index (χ1) is 7.77. The summed E-state index contributed by atoms with van der Waals surface area (Å²) in [6.45, 7) is 3.72. The molecule has 0 aromatic carbocycles. The Bertz CT molecular complexity index is 270. The van der Waals surface area contributed by atoms with Gasteiger partial charge in [0.15, 0.2) is 5.84 Å². The molecule has 2 aliphatic rings. The molecule has 1 aliphatic carbocycles. The Kier molecular flexibility index (Phi) is 3.66. The molecule has 0 bridgehead atoms. The number of nitrogens with two attached hydrogens (primary N) is 1. The molecule has 2 fully saturated rings. The van der Waals surface area contributed by atoms with E-state index in [1.807, 2.05) is 0 Å². The zero-order valence-electron chi connectivity index (χ0n) is 9.80. The van der Waals surface area contributed by atoms with Crippen LogP contribution >= 0.6 is 0 Å². The van der Waals surface area contributed by atoms with Crippen LogP contribution in [-0.4, -0.2) is 47.3 Å². The van der Waals surface area contributed by atoms with Crippen molar-refractivity contribution in [1.29, 1.82) is 0 Å². The van der Waals surface area contributed by atoms with Crippen molar-refractivity contribution in [2.45, 2.75) is 50.8 Å². The zero-order valence-corrected chi connectivity index (χ0v) is 9.80. The van der Waals surface area contributed by atoms with Gasteiger partial charge in [0.2, 0.25) is 0 Å². The molecule has 3 N–H and O–H groups in total. The van der Waals surface area contributed by atoms with Gasteiger partial charge in [-0.25, -0.2) is 0 Å². The Morgan fingerprint density at radius 1 is 1.62 bits per heavy atom. The molecule has 3 unspecified atom stereocenters.